The van der Waals surface area contributed by atoms with Gasteiger partial charge in [0.1, 0.15) is 8.07 Å². The van der Waals surface area contributed by atoms with E-state index >= 15 is 0 Å². The molecule has 0 radical (unpaired) electrons. The molecular weight excluding hydrogens is 348 g/mol. The van der Waals surface area contributed by atoms with Gasteiger partial charge < -0.3 is 9.47 Å². The molecule has 0 N–H and O–H groups in total. The molecule has 0 atom stereocenters. The van der Waals surface area contributed by atoms with E-state index in [1.165, 1.54) is 57.4 Å². The molecule has 0 spiro atoms. The van der Waals surface area contributed by atoms with Gasteiger partial charge in [0.05, 0.1) is 6.10 Å². The largest absolute Gasteiger partial charge is 0.381 e. The van der Waals surface area contributed by atoms with E-state index in [0.29, 0.717) is 6.10 Å². The van der Waals surface area contributed by atoms with Gasteiger partial charge in [0.25, 0.3) is 0 Å². The second kappa shape index (κ2) is 17.8. The molecule has 2 nitrogen and oxygen atoms in total. The number of ether oxygens (including phenoxy) is 2. The van der Waals surface area contributed by atoms with Gasteiger partial charge in [-0.3, -0.25) is 0 Å². The molecule has 0 saturated carbocycles. The van der Waals surface area contributed by atoms with Crippen LogP contribution in [-0.2, 0) is 9.47 Å². The highest BCUT2D eigenvalue weighted by Crippen LogP contribution is 2.15. The predicted molar refractivity (Wildman–Crippen MR) is 123 cm³/mol. The van der Waals surface area contributed by atoms with Crippen LogP contribution in [-0.4, -0.2) is 34.0 Å². The highest BCUT2D eigenvalue weighted by Gasteiger charge is 2.18. The Kier molecular flexibility index (Phi) is 17.6. The molecule has 0 aliphatic heterocycles. The molecule has 0 fully saturated rings. The summed E-state index contributed by atoms with van der Waals surface area (Å²) in [5.74, 6) is 4.26. The van der Waals surface area contributed by atoms with E-state index in [-0.39, 0.29) is 0 Å². The van der Waals surface area contributed by atoms with Crippen LogP contribution in [0.15, 0.2) is 0 Å². The SMILES string of the molecule is CC(C)C[Si](C)(C)C#CCCCCCCCCCCOCCCOC(C)C. The summed E-state index contributed by atoms with van der Waals surface area (Å²) in [6.45, 7) is 16.2. The van der Waals surface area contributed by atoms with Crippen molar-refractivity contribution in [2.45, 2.75) is 117 Å². The lowest BCUT2D eigenvalue weighted by atomic mass is 10.1. The number of hydrogen-bond acceptors (Lipinski definition) is 2. The molecule has 0 aromatic carbocycles. The summed E-state index contributed by atoms with van der Waals surface area (Å²) in [5, 5.41) is 0. The Bertz CT molecular complexity index is 380. The Morgan fingerprint density at radius 3 is 1.85 bits per heavy atom. The lowest BCUT2D eigenvalue weighted by Crippen LogP contribution is -2.25. The van der Waals surface area contributed by atoms with Crippen molar-refractivity contribution < 1.29 is 9.47 Å². The van der Waals surface area contributed by atoms with Gasteiger partial charge in [0.2, 0.25) is 0 Å². The molecular formula is C24H48O2Si. The molecule has 0 aliphatic rings. The third-order valence-corrected chi connectivity index (χ3v) is 7.26. The van der Waals surface area contributed by atoms with Crippen LogP contribution < -0.4 is 0 Å². The van der Waals surface area contributed by atoms with Crippen molar-refractivity contribution in [1.82, 2.24) is 0 Å². The van der Waals surface area contributed by atoms with Crippen LogP contribution in [0.2, 0.25) is 19.1 Å². The van der Waals surface area contributed by atoms with Crippen molar-refractivity contribution in [3.05, 3.63) is 0 Å². The molecule has 27 heavy (non-hydrogen) atoms. The monoisotopic (exact) mass is 396 g/mol. The van der Waals surface area contributed by atoms with E-state index in [2.05, 4.69) is 52.3 Å². The van der Waals surface area contributed by atoms with E-state index in [1.54, 1.807) is 0 Å². The fourth-order valence-electron chi connectivity index (χ4n) is 3.43. The van der Waals surface area contributed by atoms with Gasteiger partial charge >= 0.3 is 0 Å². The van der Waals surface area contributed by atoms with Crippen LogP contribution in [0.1, 0.15) is 91.9 Å². The first-order chi connectivity index (χ1) is 12.8. The van der Waals surface area contributed by atoms with Gasteiger partial charge in [-0.05, 0) is 45.1 Å². The van der Waals surface area contributed by atoms with Gasteiger partial charge in [-0.15, -0.1) is 11.5 Å². The minimum atomic E-state index is -1.26. The van der Waals surface area contributed by atoms with Crippen LogP contribution in [0.5, 0.6) is 0 Å². The van der Waals surface area contributed by atoms with Gasteiger partial charge in [0.15, 0.2) is 0 Å². The average molecular weight is 397 g/mol. The highest BCUT2D eigenvalue weighted by molar-refractivity contribution is 6.85. The summed E-state index contributed by atoms with van der Waals surface area (Å²) in [5.41, 5.74) is 3.61. The van der Waals surface area contributed by atoms with Crippen molar-refractivity contribution in [3.63, 3.8) is 0 Å². The second-order valence-electron chi connectivity index (χ2n) is 9.25. The minimum Gasteiger partial charge on any atom is -0.381 e. The molecule has 0 aromatic rings. The first-order valence-corrected chi connectivity index (χ1v) is 14.7. The van der Waals surface area contributed by atoms with E-state index in [1.807, 2.05) is 0 Å². The van der Waals surface area contributed by atoms with E-state index < -0.39 is 8.07 Å². The summed E-state index contributed by atoms with van der Waals surface area (Å²) in [4.78, 5) is 0. The molecule has 0 bridgehead atoms. The predicted octanol–water partition coefficient (Wildman–Crippen LogP) is 7.24. The van der Waals surface area contributed by atoms with E-state index in [4.69, 9.17) is 9.47 Å². The summed E-state index contributed by atoms with van der Waals surface area (Å²) >= 11 is 0. The molecule has 0 heterocycles. The van der Waals surface area contributed by atoms with Crippen LogP contribution in [0.3, 0.4) is 0 Å². The van der Waals surface area contributed by atoms with Crippen LogP contribution in [0.4, 0.5) is 0 Å². The van der Waals surface area contributed by atoms with E-state index in [0.717, 1.165) is 38.6 Å². The van der Waals surface area contributed by atoms with Gasteiger partial charge in [-0.25, -0.2) is 0 Å². The van der Waals surface area contributed by atoms with E-state index in [9.17, 15) is 0 Å². The normalized spacial score (nSPS) is 11.9. The highest BCUT2D eigenvalue weighted by atomic mass is 28.3. The second-order valence-corrected chi connectivity index (χ2v) is 13.7. The number of unbranched alkanes of at least 4 members (excludes halogenated alkanes) is 8. The third-order valence-electron chi connectivity index (χ3n) is 4.57. The number of hydrogen-bond donors (Lipinski definition) is 0. The summed E-state index contributed by atoms with van der Waals surface area (Å²) in [6.07, 6.45) is 13.1. The third kappa shape index (κ3) is 21.9. The molecule has 0 rings (SSSR count). The van der Waals surface area contributed by atoms with Crippen molar-refractivity contribution in [1.29, 1.82) is 0 Å². The van der Waals surface area contributed by atoms with Gasteiger partial charge in [-0.2, -0.15) is 0 Å². The lowest BCUT2D eigenvalue weighted by molar-refractivity contribution is 0.0507. The van der Waals surface area contributed by atoms with Crippen molar-refractivity contribution in [2.24, 2.45) is 5.92 Å². The topological polar surface area (TPSA) is 18.5 Å². The maximum Gasteiger partial charge on any atom is 0.132 e. The maximum atomic E-state index is 5.65. The molecule has 0 unspecified atom stereocenters. The van der Waals surface area contributed by atoms with Crippen molar-refractivity contribution in [2.75, 3.05) is 19.8 Å². The summed E-state index contributed by atoms with van der Waals surface area (Å²) in [6, 6.07) is 1.33. The minimum absolute atomic E-state index is 0.335. The number of rotatable bonds is 17. The molecule has 3 heteroatoms. The Hall–Kier alpha value is -0.303. The van der Waals surface area contributed by atoms with Crippen LogP contribution in [0, 0.1) is 17.4 Å². The van der Waals surface area contributed by atoms with Crippen LogP contribution in [0.25, 0.3) is 0 Å². The quantitative estimate of drug-likeness (QED) is 0.147. The fraction of sp³-hybridized carbons (Fsp3) is 0.917. The van der Waals surface area contributed by atoms with Gasteiger partial charge in [0, 0.05) is 26.2 Å². The fourth-order valence-corrected chi connectivity index (χ4v) is 6.18. The Morgan fingerprint density at radius 1 is 0.704 bits per heavy atom. The summed E-state index contributed by atoms with van der Waals surface area (Å²) < 4.78 is 11.2. The molecule has 160 valence electrons. The molecule has 0 aromatic heterocycles. The Labute approximate surface area is 172 Å². The smallest absolute Gasteiger partial charge is 0.132 e. The molecule has 0 aliphatic carbocycles. The Balaban J connectivity index is 3.28. The zero-order valence-electron chi connectivity index (χ0n) is 19.4. The first kappa shape index (κ1) is 26.7. The van der Waals surface area contributed by atoms with Gasteiger partial charge in [-0.1, -0.05) is 65.5 Å². The zero-order valence-corrected chi connectivity index (χ0v) is 20.4. The maximum absolute atomic E-state index is 5.65. The standard InChI is InChI=1S/C24H48O2Si/c1-23(2)22-27(5,6)21-16-14-12-10-8-7-9-11-13-15-18-25-19-17-20-26-24(3)4/h23-24H,7-15,17-20,22H2,1-6H3. The average Bonchev–Trinajstić information content (AvgIpc) is 2.56. The lowest BCUT2D eigenvalue weighted by Gasteiger charge is -2.16. The summed E-state index contributed by atoms with van der Waals surface area (Å²) in [7, 11) is -1.26. The van der Waals surface area contributed by atoms with Crippen molar-refractivity contribution >= 4 is 8.07 Å². The Morgan fingerprint density at radius 2 is 1.26 bits per heavy atom. The van der Waals surface area contributed by atoms with Crippen LogP contribution >= 0.6 is 0 Å². The zero-order chi connectivity index (χ0) is 20.4. The molecule has 0 amide bonds. The molecule has 0 saturated heterocycles. The van der Waals surface area contributed by atoms with Crippen molar-refractivity contribution in [3.8, 4) is 11.5 Å². The first-order valence-electron chi connectivity index (χ1n) is 11.5.